The van der Waals surface area contributed by atoms with Crippen LogP contribution >= 0.6 is 0 Å². The van der Waals surface area contributed by atoms with Crippen molar-refractivity contribution in [2.75, 3.05) is 11.9 Å². The number of rotatable bonds is 9. The van der Waals surface area contributed by atoms with Crippen LogP contribution in [0.15, 0.2) is 109 Å². The van der Waals surface area contributed by atoms with Gasteiger partial charge in [0.2, 0.25) is 5.91 Å². The summed E-state index contributed by atoms with van der Waals surface area (Å²) < 4.78 is 0. The lowest BCUT2D eigenvalue weighted by Crippen LogP contribution is -2.36. The first-order chi connectivity index (χ1) is 17.5. The summed E-state index contributed by atoms with van der Waals surface area (Å²) in [7, 11) is 0. The van der Waals surface area contributed by atoms with Gasteiger partial charge in [-0.05, 0) is 59.9 Å². The van der Waals surface area contributed by atoms with Crippen molar-refractivity contribution in [2.24, 2.45) is 0 Å². The van der Waals surface area contributed by atoms with Crippen LogP contribution in [0.25, 0.3) is 11.1 Å². The number of aryl methyl sites for hydroxylation is 1. The Balaban J connectivity index is 1.50. The molecular weight excluding hydrogens is 444 g/mol. The van der Waals surface area contributed by atoms with Crippen molar-refractivity contribution in [3.05, 3.63) is 126 Å². The minimum absolute atomic E-state index is 0.0916. The third-order valence-corrected chi connectivity index (χ3v) is 6.48. The molecule has 0 aliphatic heterocycles. The van der Waals surface area contributed by atoms with Gasteiger partial charge in [0.15, 0.2) is 0 Å². The van der Waals surface area contributed by atoms with Crippen LogP contribution < -0.4 is 5.32 Å². The normalized spacial score (nSPS) is 11.5. The van der Waals surface area contributed by atoms with Crippen LogP contribution in [0.4, 0.5) is 5.69 Å². The van der Waals surface area contributed by atoms with Gasteiger partial charge >= 0.3 is 0 Å². The van der Waals surface area contributed by atoms with Gasteiger partial charge in [0.1, 0.15) is 0 Å². The first-order valence-electron chi connectivity index (χ1n) is 12.5. The zero-order valence-electron chi connectivity index (χ0n) is 20.9. The largest absolute Gasteiger partial charge is 0.331 e. The predicted molar refractivity (Wildman–Crippen MR) is 147 cm³/mol. The Hall–Kier alpha value is -4.18. The van der Waals surface area contributed by atoms with E-state index in [9.17, 15) is 9.59 Å². The molecule has 0 saturated carbocycles. The molecule has 0 spiro atoms. The van der Waals surface area contributed by atoms with Crippen LogP contribution in [-0.2, 0) is 11.2 Å². The summed E-state index contributed by atoms with van der Waals surface area (Å²) in [6.45, 7) is 4.42. The molecule has 1 unspecified atom stereocenters. The van der Waals surface area contributed by atoms with Crippen LogP contribution in [-0.4, -0.2) is 23.3 Å². The SMILES string of the molecule is CCc1ccc(NC(=O)CCN(C(=O)c2ccc(-c3ccccc3)cc2)C(C)c2ccccc2)cc1. The molecule has 0 heterocycles. The van der Waals surface area contributed by atoms with Crippen molar-refractivity contribution < 1.29 is 9.59 Å². The molecule has 0 saturated heterocycles. The molecule has 0 fully saturated rings. The third kappa shape index (κ3) is 6.28. The fraction of sp³-hybridized carbons (Fsp3) is 0.188. The van der Waals surface area contributed by atoms with Crippen molar-refractivity contribution in [1.82, 2.24) is 4.90 Å². The highest BCUT2D eigenvalue weighted by Gasteiger charge is 2.23. The first kappa shape index (κ1) is 24.9. The van der Waals surface area contributed by atoms with Crippen LogP contribution in [0.3, 0.4) is 0 Å². The molecule has 0 aliphatic carbocycles. The lowest BCUT2D eigenvalue weighted by Gasteiger charge is -2.30. The lowest BCUT2D eigenvalue weighted by atomic mass is 10.0. The zero-order valence-corrected chi connectivity index (χ0v) is 20.9. The van der Waals surface area contributed by atoms with Gasteiger partial charge in [-0.1, -0.05) is 91.9 Å². The molecule has 4 heteroatoms. The van der Waals surface area contributed by atoms with Gasteiger partial charge in [-0.15, -0.1) is 0 Å². The maximum Gasteiger partial charge on any atom is 0.254 e. The molecule has 2 amide bonds. The van der Waals surface area contributed by atoms with Gasteiger partial charge in [-0.25, -0.2) is 0 Å². The fourth-order valence-electron chi connectivity index (χ4n) is 4.25. The van der Waals surface area contributed by atoms with Crippen LogP contribution in [0, 0.1) is 0 Å². The Kier molecular flexibility index (Phi) is 8.30. The van der Waals surface area contributed by atoms with Crippen LogP contribution in [0.1, 0.15) is 47.8 Å². The van der Waals surface area contributed by atoms with Gasteiger partial charge in [-0.2, -0.15) is 0 Å². The molecule has 4 nitrogen and oxygen atoms in total. The number of nitrogens with zero attached hydrogens (tertiary/aromatic N) is 1. The fourth-order valence-corrected chi connectivity index (χ4v) is 4.25. The Labute approximate surface area is 213 Å². The van der Waals surface area contributed by atoms with Gasteiger partial charge in [0.25, 0.3) is 5.91 Å². The average molecular weight is 477 g/mol. The number of amides is 2. The second kappa shape index (κ2) is 12.0. The van der Waals surface area contributed by atoms with Crippen LogP contribution in [0.2, 0.25) is 0 Å². The Morgan fingerprint density at radius 3 is 1.94 bits per heavy atom. The van der Waals surface area contributed by atoms with Gasteiger partial charge in [-0.3, -0.25) is 9.59 Å². The molecule has 4 aromatic carbocycles. The highest BCUT2D eigenvalue weighted by Crippen LogP contribution is 2.25. The smallest absolute Gasteiger partial charge is 0.254 e. The van der Waals surface area contributed by atoms with Crippen molar-refractivity contribution in [3.63, 3.8) is 0 Å². The lowest BCUT2D eigenvalue weighted by molar-refractivity contribution is -0.116. The summed E-state index contributed by atoms with van der Waals surface area (Å²) in [5, 5.41) is 2.95. The number of carbonyl (C=O) groups is 2. The molecule has 0 bridgehead atoms. The van der Waals surface area contributed by atoms with E-state index in [4.69, 9.17) is 0 Å². The molecular formula is C32H32N2O2. The number of hydrogen-bond acceptors (Lipinski definition) is 2. The van der Waals surface area contributed by atoms with Crippen molar-refractivity contribution in [2.45, 2.75) is 32.7 Å². The average Bonchev–Trinajstić information content (AvgIpc) is 2.94. The number of hydrogen-bond donors (Lipinski definition) is 1. The second-order valence-corrected chi connectivity index (χ2v) is 8.88. The molecule has 182 valence electrons. The Morgan fingerprint density at radius 1 is 0.750 bits per heavy atom. The summed E-state index contributed by atoms with van der Waals surface area (Å²) >= 11 is 0. The highest BCUT2D eigenvalue weighted by molar-refractivity contribution is 5.96. The maximum absolute atomic E-state index is 13.6. The molecule has 1 N–H and O–H groups in total. The van der Waals surface area contributed by atoms with E-state index >= 15 is 0 Å². The number of carbonyl (C=O) groups excluding carboxylic acids is 2. The van der Waals surface area contributed by atoms with Crippen molar-refractivity contribution in [1.29, 1.82) is 0 Å². The molecule has 0 radical (unpaired) electrons. The predicted octanol–water partition coefficient (Wildman–Crippen LogP) is 7.15. The van der Waals surface area contributed by atoms with E-state index in [1.807, 2.05) is 104 Å². The van der Waals surface area contributed by atoms with Crippen LogP contribution in [0.5, 0.6) is 0 Å². The van der Waals surface area contributed by atoms with E-state index in [-0.39, 0.29) is 24.3 Å². The first-order valence-corrected chi connectivity index (χ1v) is 12.5. The highest BCUT2D eigenvalue weighted by atomic mass is 16.2. The minimum Gasteiger partial charge on any atom is -0.331 e. The third-order valence-electron chi connectivity index (χ3n) is 6.48. The minimum atomic E-state index is -0.177. The van der Waals surface area contributed by atoms with E-state index in [1.54, 1.807) is 4.90 Å². The number of nitrogens with one attached hydrogen (secondary N) is 1. The second-order valence-electron chi connectivity index (χ2n) is 8.88. The topological polar surface area (TPSA) is 49.4 Å². The summed E-state index contributed by atoms with van der Waals surface area (Å²) in [6.07, 6.45) is 1.16. The maximum atomic E-state index is 13.6. The number of anilines is 1. The zero-order chi connectivity index (χ0) is 25.3. The summed E-state index contributed by atoms with van der Waals surface area (Å²) in [4.78, 5) is 28.2. The molecule has 1 atom stereocenters. The summed E-state index contributed by atoms with van der Waals surface area (Å²) in [5.74, 6) is -0.206. The van der Waals surface area contributed by atoms with E-state index in [2.05, 4.69) is 24.4 Å². The van der Waals surface area contributed by atoms with E-state index in [0.29, 0.717) is 12.1 Å². The quantitative estimate of drug-likeness (QED) is 0.279. The molecule has 0 aromatic heterocycles. The Bertz CT molecular complexity index is 1270. The van der Waals surface area contributed by atoms with Crippen molar-refractivity contribution in [3.8, 4) is 11.1 Å². The monoisotopic (exact) mass is 476 g/mol. The standard InChI is InChI=1S/C32H32N2O2/c1-3-25-14-20-30(21-15-25)33-31(35)22-23-34(24(2)26-10-6-4-7-11-26)32(36)29-18-16-28(17-19-29)27-12-8-5-9-13-27/h4-21,24H,3,22-23H2,1-2H3,(H,33,35). The van der Waals surface area contributed by atoms with Gasteiger partial charge < -0.3 is 10.2 Å². The van der Waals surface area contributed by atoms with E-state index < -0.39 is 0 Å². The molecule has 4 aromatic rings. The molecule has 4 rings (SSSR count). The summed E-state index contributed by atoms with van der Waals surface area (Å²) in [6, 6.07) is 35.4. The Morgan fingerprint density at radius 2 is 1.33 bits per heavy atom. The number of benzene rings is 4. The van der Waals surface area contributed by atoms with E-state index in [1.165, 1.54) is 5.56 Å². The van der Waals surface area contributed by atoms with Gasteiger partial charge in [0.05, 0.1) is 6.04 Å². The van der Waals surface area contributed by atoms with Gasteiger partial charge in [0, 0.05) is 24.2 Å². The molecule has 36 heavy (non-hydrogen) atoms. The summed E-state index contributed by atoms with van der Waals surface area (Å²) in [5.41, 5.74) is 5.79. The molecule has 0 aliphatic rings. The van der Waals surface area contributed by atoms with Crippen molar-refractivity contribution >= 4 is 17.5 Å². The van der Waals surface area contributed by atoms with E-state index in [0.717, 1.165) is 28.8 Å².